The molecule has 0 aliphatic heterocycles. The van der Waals surface area contributed by atoms with Crippen molar-refractivity contribution in [2.24, 2.45) is 5.92 Å². The molecule has 1 unspecified atom stereocenters. The number of benzene rings is 1. The largest absolute Gasteiger partial charge is 0.492 e. The number of rotatable bonds is 12. The lowest BCUT2D eigenvalue weighted by Crippen LogP contribution is -2.14. The molecule has 0 spiro atoms. The Kier molecular flexibility index (Phi) is 9.10. The van der Waals surface area contributed by atoms with E-state index in [-0.39, 0.29) is 11.7 Å². The molecule has 0 saturated carbocycles. The Morgan fingerprint density at radius 1 is 1.29 bits per heavy atom. The Morgan fingerprint density at radius 2 is 2.04 bits per heavy atom. The van der Waals surface area contributed by atoms with Crippen molar-refractivity contribution in [2.75, 3.05) is 30.1 Å². The molecule has 150 valence electrons. The quantitative estimate of drug-likeness (QED) is 0.232. The molecule has 2 aromatic rings. The molecule has 1 N–H and O–H groups in total. The first-order chi connectivity index (χ1) is 13.5. The second-order valence-electron chi connectivity index (χ2n) is 6.09. The maximum Gasteiger partial charge on any atom is 0.236 e. The van der Waals surface area contributed by atoms with Gasteiger partial charge in [0.2, 0.25) is 11.8 Å². The van der Waals surface area contributed by atoms with Crippen molar-refractivity contribution < 1.29 is 14.3 Å². The number of hydrogen-bond donors (Lipinski definition) is 1. The summed E-state index contributed by atoms with van der Waals surface area (Å²) in [6.07, 6.45) is 4.04. The van der Waals surface area contributed by atoms with Gasteiger partial charge >= 0.3 is 0 Å². The third-order valence-corrected chi connectivity index (χ3v) is 4.32. The summed E-state index contributed by atoms with van der Waals surface area (Å²) in [7, 11) is 0. The highest BCUT2D eigenvalue weighted by atomic mass is 35.5. The molecule has 0 amide bonds. The van der Waals surface area contributed by atoms with Gasteiger partial charge in [0, 0.05) is 30.0 Å². The van der Waals surface area contributed by atoms with E-state index in [1.807, 2.05) is 13.2 Å². The third kappa shape index (κ3) is 7.05. The molecule has 0 aliphatic carbocycles. The normalized spacial score (nSPS) is 11.5. The molecule has 0 aliphatic rings. The number of halogens is 1. The number of Topliss-reactive ketones (excluding diaryl/α,β-unsaturated/α-hetero) is 1. The molecule has 0 saturated heterocycles. The summed E-state index contributed by atoms with van der Waals surface area (Å²) < 4.78 is 14.0. The van der Waals surface area contributed by atoms with Gasteiger partial charge in [0.05, 0.1) is 5.88 Å². The molecular weight excluding hydrogens is 398 g/mol. The molecular formula is C20H24ClN3O3S. The maximum absolute atomic E-state index is 12.6. The predicted octanol–water partition coefficient (Wildman–Crippen LogP) is 4.63. The van der Waals surface area contributed by atoms with E-state index < -0.39 is 0 Å². The topological polar surface area (TPSA) is 73.3 Å². The highest BCUT2D eigenvalue weighted by Gasteiger charge is 2.17. The van der Waals surface area contributed by atoms with Gasteiger partial charge in [0.25, 0.3) is 0 Å². The van der Waals surface area contributed by atoms with E-state index in [1.165, 1.54) is 11.9 Å². The molecule has 0 radical (unpaired) electrons. The van der Waals surface area contributed by atoms with Crippen LogP contribution in [-0.4, -0.2) is 41.1 Å². The minimum atomic E-state index is -0.204. The fraction of sp³-hybridized carbons (Fsp3) is 0.350. The summed E-state index contributed by atoms with van der Waals surface area (Å²) in [5, 5.41) is 0. The van der Waals surface area contributed by atoms with Crippen molar-refractivity contribution in [1.82, 2.24) is 9.97 Å². The number of hydrogen-bond acceptors (Lipinski definition) is 7. The Morgan fingerprint density at radius 3 is 2.71 bits per heavy atom. The zero-order chi connectivity index (χ0) is 20.4. The van der Waals surface area contributed by atoms with Crippen LogP contribution in [0.2, 0.25) is 0 Å². The minimum Gasteiger partial charge on any atom is -0.492 e. The molecule has 1 aromatic heterocycles. The monoisotopic (exact) mass is 421 g/mol. The number of ketones is 1. The van der Waals surface area contributed by atoms with Crippen LogP contribution in [0.15, 0.2) is 48.7 Å². The number of nitrogens with one attached hydrogen (secondary N) is 1. The Bertz CT molecular complexity index is 787. The summed E-state index contributed by atoms with van der Waals surface area (Å²) >= 11 is 7.00. The number of ether oxygens (including phenoxy) is 2. The van der Waals surface area contributed by atoms with Gasteiger partial charge in [-0.15, -0.1) is 11.6 Å². The highest BCUT2D eigenvalue weighted by molar-refractivity contribution is 7.99. The molecule has 8 heteroatoms. The van der Waals surface area contributed by atoms with Gasteiger partial charge in [0.1, 0.15) is 19.0 Å². The molecule has 1 aromatic carbocycles. The standard InChI is InChI=1S/C20H24ClN3O3S/c1-14(13-27-18-8-10-22-20(23-18)24-28-3)12-15(2)19(25)16-4-6-17(7-5-16)26-11-9-21/h4-8,10,15H,1,9,11-13H2,2-3H3,(H,22,23,24). The Hall–Kier alpha value is -2.25. The average Bonchev–Trinajstić information content (AvgIpc) is 2.71. The van der Waals surface area contributed by atoms with Crippen LogP contribution in [0.5, 0.6) is 11.6 Å². The summed E-state index contributed by atoms with van der Waals surface area (Å²) in [5.41, 5.74) is 1.46. The zero-order valence-electron chi connectivity index (χ0n) is 16.0. The maximum atomic E-state index is 12.6. The van der Waals surface area contributed by atoms with Crippen LogP contribution in [0, 0.1) is 5.92 Å². The molecule has 0 bridgehead atoms. The second-order valence-corrected chi connectivity index (χ2v) is 7.08. The van der Waals surface area contributed by atoms with Gasteiger partial charge in [-0.1, -0.05) is 25.5 Å². The fourth-order valence-corrected chi connectivity index (χ4v) is 2.84. The van der Waals surface area contributed by atoms with Crippen LogP contribution < -0.4 is 14.2 Å². The van der Waals surface area contributed by atoms with E-state index in [1.54, 1.807) is 36.5 Å². The number of alkyl halides is 1. The van der Waals surface area contributed by atoms with Crippen LogP contribution >= 0.6 is 23.5 Å². The van der Waals surface area contributed by atoms with Crippen LogP contribution in [-0.2, 0) is 0 Å². The summed E-state index contributed by atoms with van der Waals surface area (Å²) in [4.78, 5) is 20.9. The van der Waals surface area contributed by atoms with Crippen molar-refractivity contribution in [3.63, 3.8) is 0 Å². The second kappa shape index (κ2) is 11.6. The number of carbonyl (C=O) groups is 1. The van der Waals surface area contributed by atoms with Crippen LogP contribution in [0.4, 0.5) is 5.95 Å². The lowest BCUT2D eigenvalue weighted by atomic mass is 9.93. The van der Waals surface area contributed by atoms with Crippen molar-refractivity contribution in [1.29, 1.82) is 0 Å². The van der Waals surface area contributed by atoms with Crippen LogP contribution in [0.1, 0.15) is 23.7 Å². The van der Waals surface area contributed by atoms with Gasteiger partial charge in [-0.05, 0) is 36.3 Å². The lowest BCUT2D eigenvalue weighted by molar-refractivity contribution is 0.0928. The van der Waals surface area contributed by atoms with Crippen LogP contribution in [0.3, 0.4) is 0 Å². The fourth-order valence-electron chi connectivity index (χ4n) is 2.48. The van der Waals surface area contributed by atoms with Gasteiger partial charge in [-0.3, -0.25) is 9.52 Å². The molecule has 1 atom stereocenters. The Labute approximate surface area is 174 Å². The first kappa shape index (κ1) is 22.0. The molecule has 0 fully saturated rings. The summed E-state index contributed by atoms with van der Waals surface area (Å²) in [5.74, 6) is 1.91. The van der Waals surface area contributed by atoms with Gasteiger partial charge in [-0.25, -0.2) is 4.98 Å². The average molecular weight is 422 g/mol. The number of nitrogens with zero attached hydrogens (tertiary/aromatic N) is 2. The minimum absolute atomic E-state index is 0.0542. The van der Waals surface area contributed by atoms with Crippen LogP contribution in [0.25, 0.3) is 0 Å². The van der Waals surface area contributed by atoms with Gasteiger partial charge < -0.3 is 9.47 Å². The third-order valence-electron chi connectivity index (χ3n) is 3.77. The van der Waals surface area contributed by atoms with Gasteiger partial charge in [-0.2, -0.15) is 4.98 Å². The SMILES string of the molecule is C=C(COc1ccnc(NSC)n1)CC(C)C(=O)c1ccc(OCCCl)cc1. The smallest absolute Gasteiger partial charge is 0.236 e. The molecule has 2 rings (SSSR count). The molecule has 1 heterocycles. The predicted molar refractivity (Wildman–Crippen MR) is 115 cm³/mol. The Balaban J connectivity index is 1.84. The van der Waals surface area contributed by atoms with Gasteiger partial charge in [0.15, 0.2) is 5.78 Å². The van der Waals surface area contributed by atoms with E-state index >= 15 is 0 Å². The van der Waals surface area contributed by atoms with E-state index in [0.29, 0.717) is 48.7 Å². The van der Waals surface area contributed by atoms with E-state index in [9.17, 15) is 4.79 Å². The van der Waals surface area contributed by atoms with E-state index in [2.05, 4.69) is 21.3 Å². The highest BCUT2D eigenvalue weighted by Crippen LogP contribution is 2.20. The number of carbonyl (C=O) groups excluding carboxylic acids is 1. The number of aromatic nitrogens is 2. The van der Waals surface area contributed by atoms with Crippen molar-refractivity contribution >= 4 is 35.3 Å². The van der Waals surface area contributed by atoms with Crippen molar-refractivity contribution in [3.8, 4) is 11.6 Å². The van der Waals surface area contributed by atoms with Crippen molar-refractivity contribution in [2.45, 2.75) is 13.3 Å². The summed E-state index contributed by atoms with van der Waals surface area (Å²) in [6.45, 7) is 6.63. The van der Waals surface area contributed by atoms with Crippen molar-refractivity contribution in [3.05, 3.63) is 54.2 Å². The van der Waals surface area contributed by atoms with E-state index in [0.717, 1.165) is 5.57 Å². The van der Waals surface area contributed by atoms with E-state index in [4.69, 9.17) is 21.1 Å². The molecule has 6 nitrogen and oxygen atoms in total. The zero-order valence-corrected chi connectivity index (χ0v) is 17.6. The molecule has 28 heavy (non-hydrogen) atoms. The first-order valence-electron chi connectivity index (χ1n) is 8.78. The first-order valence-corrected chi connectivity index (χ1v) is 10.5. The summed E-state index contributed by atoms with van der Waals surface area (Å²) in [6, 6.07) is 8.77. The number of anilines is 1. The lowest BCUT2D eigenvalue weighted by Gasteiger charge is -2.14.